The molecule has 1 atom stereocenters. The lowest BCUT2D eigenvalue weighted by atomic mass is 10.0. The molecule has 2 heterocycles. The van der Waals surface area contributed by atoms with E-state index < -0.39 is 0 Å². The summed E-state index contributed by atoms with van der Waals surface area (Å²) in [6, 6.07) is 10.5. The van der Waals surface area contributed by atoms with Gasteiger partial charge in [0.1, 0.15) is 0 Å². The molecule has 0 bridgehead atoms. The van der Waals surface area contributed by atoms with Crippen molar-refractivity contribution in [2.24, 2.45) is 4.99 Å². The zero-order chi connectivity index (χ0) is 18.9. The van der Waals surface area contributed by atoms with E-state index in [1.807, 2.05) is 12.1 Å². The average molecular weight is 535 g/mol. The van der Waals surface area contributed by atoms with Crippen molar-refractivity contribution >= 4 is 52.9 Å². The van der Waals surface area contributed by atoms with Crippen molar-refractivity contribution < 1.29 is 4.74 Å². The number of hydrogen-bond donors (Lipinski definition) is 2. The molecule has 0 spiro atoms. The third-order valence-electron chi connectivity index (χ3n) is 4.55. The van der Waals surface area contributed by atoms with Gasteiger partial charge in [0.2, 0.25) is 0 Å². The van der Waals surface area contributed by atoms with Crippen LogP contribution in [0.1, 0.15) is 24.1 Å². The molecule has 5 nitrogen and oxygen atoms in total. The van der Waals surface area contributed by atoms with Crippen molar-refractivity contribution in [1.29, 1.82) is 0 Å². The highest BCUT2D eigenvalue weighted by Gasteiger charge is 2.22. The fraction of sp³-hybridized carbons (Fsp3) is 0.450. The molecule has 2 N–H and O–H groups in total. The standard InChI is InChI=1S/C20H27ClN4OS.HI/c1-2-22-20(23-13-16-7-12-27-15-16)24-14-19(25-8-10-26-11-9-25)17-3-5-18(21)6-4-17;/h3-7,12,15,19H,2,8-11,13-14H2,1H3,(H2,22,23,24);1H. The molecule has 0 radical (unpaired) electrons. The van der Waals surface area contributed by atoms with Crippen molar-refractivity contribution in [1.82, 2.24) is 15.5 Å². The summed E-state index contributed by atoms with van der Waals surface area (Å²) in [4.78, 5) is 7.18. The van der Waals surface area contributed by atoms with Crippen LogP contribution < -0.4 is 10.6 Å². The van der Waals surface area contributed by atoms with Gasteiger partial charge in [-0.15, -0.1) is 24.0 Å². The van der Waals surface area contributed by atoms with E-state index in [1.54, 1.807) is 11.3 Å². The number of halogens is 2. The molecule has 2 aromatic rings. The smallest absolute Gasteiger partial charge is 0.191 e. The first-order valence-corrected chi connectivity index (χ1v) is 10.7. The van der Waals surface area contributed by atoms with E-state index >= 15 is 0 Å². The molecule has 1 saturated heterocycles. The second kappa shape index (κ2) is 12.6. The van der Waals surface area contributed by atoms with Crippen LogP contribution in [0.2, 0.25) is 5.02 Å². The van der Waals surface area contributed by atoms with Crippen LogP contribution in [-0.4, -0.2) is 50.3 Å². The van der Waals surface area contributed by atoms with E-state index in [4.69, 9.17) is 21.3 Å². The minimum atomic E-state index is 0. The number of guanidine groups is 1. The summed E-state index contributed by atoms with van der Waals surface area (Å²) in [6.07, 6.45) is 0. The Morgan fingerprint density at radius 2 is 1.96 bits per heavy atom. The maximum Gasteiger partial charge on any atom is 0.191 e. The summed E-state index contributed by atoms with van der Waals surface area (Å²) in [6.45, 7) is 7.78. The number of aliphatic imine (C=N–C) groups is 1. The van der Waals surface area contributed by atoms with Gasteiger partial charge >= 0.3 is 0 Å². The predicted octanol–water partition coefficient (Wildman–Crippen LogP) is 4.15. The van der Waals surface area contributed by atoms with Crippen LogP contribution in [0.3, 0.4) is 0 Å². The second-order valence-corrected chi connectivity index (χ2v) is 7.64. The zero-order valence-corrected chi connectivity index (χ0v) is 20.0. The molecule has 1 aliphatic heterocycles. The van der Waals surface area contributed by atoms with E-state index in [0.717, 1.165) is 50.4 Å². The highest BCUT2D eigenvalue weighted by molar-refractivity contribution is 14.0. The van der Waals surface area contributed by atoms with Crippen molar-refractivity contribution in [2.75, 3.05) is 39.4 Å². The lowest BCUT2D eigenvalue weighted by Gasteiger charge is -2.35. The molecule has 1 aliphatic rings. The van der Waals surface area contributed by atoms with Crippen molar-refractivity contribution in [2.45, 2.75) is 19.5 Å². The van der Waals surface area contributed by atoms with E-state index in [9.17, 15) is 0 Å². The number of ether oxygens (including phenoxy) is 1. The van der Waals surface area contributed by atoms with Crippen LogP contribution in [0.25, 0.3) is 0 Å². The molecular formula is C20H28ClIN4OS. The monoisotopic (exact) mass is 534 g/mol. The van der Waals surface area contributed by atoms with E-state index in [1.165, 1.54) is 11.1 Å². The minimum Gasteiger partial charge on any atom is -0.379 e. The third kappa shape index (κ3) is 7.18. The molecule has 0 amide bonds. The van der Waals surface area contributed by atoms with Gasteiger partial charge in [-0.3, -0.25) is 4.90 Å². The molecular weight excluding hydrogens is 507 g/mol. The van der Waals surface area contributed by atoms with Crippen LogP contribution in [0.5, 0.6) is 0 Å². The predicted molar refractivity (Wildman–Crippen MR) is 129 cm³/mol. The number of morpholine rings is 1. The fourth-order valence-electron chi connectivity index (χ4n) is 3.12. The number of nitrogens with zero attached hydrogens (tertiary/aromatic N) is 2. The molecule has 154 valence electrons. The maximum absolute atomic E-state index is 6.08. The van der Waals surface area contributed by atoms with Gasteiger partial charge in [0.05, 0.1) is 25.8 Å². The third-order valence-corrected chi connectivity index (χ3v) is 5.53. The van der Waals surface area contributed by atoms with Gasteiger partial charge in [-0.1, -0.05) is 23.7 Å². The first kappa shape index (κ1) is 23.4. The van der Waals surface area contributed by atoms with Crippen molar-refractivity contribution in [3.8, 4) is 0 Å². The first-order valence-electron chi connectivity index (χ1n) is 9.36. The summed E-state index contributed by atoms with van der Waals surface area (Å²) in [7, 11) is 0. The maximum atomic E-state index is 6.08. The lowest BCUT2D eigenvalue weighted by Crippen LogP contribution is -2.46. The molecule has 8 heteroatoms. The Hall–Kier alpha value is -0.870. The van der Waals surface area contributed by atoms with Crippen LogP contribution >= 0.6 is 46.9 Å². The van der Waals surface area contributed by atoms with E-state index in [0.29, 0.717) is 6.54 Å². The van der Waals surface area contributed by atoms with Gasteiger partial charge in [0.15, 0.2) is 5.96 Å². The highest BCUT2D eigenvalue weighted by atomic mass is 127. The molecule has 1 aromatic heterocycles. The largest absolute Gasteiger partial charge is 0.379 e. The van der Waals surface area contributed by atoms with Crippen molar-refractivity contribution in [3.05, 3.63) is 57.2 Å². The van der Waals surface area contributed by atoms with Gasteiger partial charge in [0, 0.05) is 31.2 Å². The van der Waals surface area contributed by atoms with Gasteiger partial charge in [-0.2, -0.15) is 11.3 Å². The van der Waals surface area contributed by atoms with E-state index in [-0.39, 0.29) is 30.0 Å². The molecule has 0 aliphatic carbocycles. The molecule has 1 aromatic carbocycles. The molecule has 1 unspecified atom stereocenters. The zero-order valence-electron chi connectivity index (χ0n) is 16.1. The summed E-state index contributed by atoms with van der Waals surface area (Å²) in [5, 5.41) is 11.8. The Morgan fingerprint density at radius 1 is 1.21 bits per heavy atom. The van der Waals surface area contributed by atoms with Gasteiger partial charge in [-0.25, -0.2) is 4.99 Å². The number of rotatable bonds is 7. The van der Waals surface area contributed by atoms with E-state index in [2.05, 4.69) is 51.4 Å². The fourth-order valence-corrected chi connectivity index (χ4v) is 3.91. The highest BCUT2D eigenvalue weighted by Crippen LogP contribution is 2.23. The average Bonchev–Trinajstić information content (AvgIpc) is 3.22. The van der Waals surface area contributed by atoms with Gasteiger partial charge < -0.3 is 15.4 Å². The number of benzene rings is 1. The van der Waals surface area contributed by atoms with Crippen LogP contribution in [-0.2, 0) is 11.3 Å². The Morgan fingerprint density at radius 3 is 2.61 bits per heavy atom. The summed E-state index contributed by atoms with van der Waals surface area (Å²) in [5.41, 5.74) is 2.49. The van der Waals surface area contributed by atoms with Crippen LogP contribution in [0.15, 0.2) is 46.1 Å². The second-order valence-electron chi connectivity index (χ2n) is 6.42. The van der Waals surface area contributed by atoms with Crippen LogP contribution in [0.4, 0.5) is 0 Å². The summed E-state index contributed by atoms with van der Waals surface area (Å²) in [5.74, 6) is 0.843. The Bertz CT molecular complexity index is 706. The lowest BCUT2D eigenvalue weighted by molar-refractivity contribution is 0.0170. The Labute approximate surface area is 193 Å². The Kier molecular flexibility index (Phi) is 10.6. The van der Waals surface area contributed by atoms with Gasteiger partial charge in [-0.05, 0) is 47.0 Å². The number of nitrogens with one attached hydrogen (secondary N) is 2. The topological polar surface area (TPSA) is 48.9 Å². The van der Waals surface area contributed by atoms with Crippen LogP contribution in [0, 0.1) is 0 Å². The quantitative estimate of drug-likeness (QED) is 0.318. The SMILES string of the molecule is CCNC(=NCc1ccsc1)NCC(c1ccc(Cl)cc1)N1CCOCC1.I. The normalized spacial score (nSPS) is 16.3. The molecule has 1 fully saturated rings. The summed E-state index contributed by atoms with van der Waals surface area (Å²) >= 11 is 7.78. The summed E-state index contributed by atoms with van der Waals surface area (Å²) < 4.78 is 5.53. The number of thiophene rings is 1. The molecule has 3 rings (SSSR count). The van der Waals surface area contributed by atoms with Gasteiger partial charge in [0.25, 0.3) is 0 Å². The Balaban J connectivity index is 0.00000280. The first-order chi connectivity index (χ1) is 13.3. The van der Waals surface area contributed by atoms with Crippen molar-refractivity contribution in [3.63, 3.8) is 0 Å². The minimum absolute atomic E-state index is 0. The number of hydrogen-bond acceptors (Lipinski definition) is 4. The molecule has 28 heavy (non-hydrogen) atoms. The molecule has 0 saturated carbocycles.